The number of nitrogens with one attached hydrogen (secondary N) is 1. The highest BCUT2D eigenvalue weighted by molar-refractivity contribution is 5.96. The van der Waals surface area contributed by atoms with Crippen molar-refractivity contribution in [2.24, 2.45) is 11.7 Å². The van der Waals surface area contributed by atoms with E-state index in [4.69, 9.17) is 10.5 Å². The SMILES string of the molecule is COC(=O)C1C(C)CCN1C(=O)C1(NC(N)=O)CC1. The van der Waals surface area contributed by atoms with Crippen molar-refractivity contribution < 1.29 is 19.1 Å². The molecule has 0 bridgehead atoms. The number of primary amides is 1. The highest BCUT2D eigenvalue weighted by Crippen LogP contribution is 2.39. The standard InChI is InChI=1S/C12H19N3O4/c1-7-3-6-15(8(7)9(16)19-2)10(17)12(4-5-12)14-11(13)18/h7-8H,3-6H2,1-2H3,(H3,13,14,18). The lowest BCUT2D eigenvalue weighted by Crippen LogP contribution is -2.55. The van der Waals surface area contributed by atoms with Gasteiger partial charge in [-0.2, -0.15) is 0 Å². The zero-order valence-electron chi connectivity index (χ0n) is 11.1. The predicted molar refractivity (Wildman–Crippen MR) is 66.0 cm³/mol. The Balaban J connectivity index is 2.14. The molecule has 3 amide bonds. The number of ether oxygens (including phenoxy) is 1. The summed E-state index contributed by atoms with van der Waals surface area (Å²) < 4.78 is 4.75. The molecular weight excluding hydrogens is 250 g/mol. The minimum absolute atomic E-state index is 0.0563. The van der Waals surface area contributed by atoms with Crippen molar-refractivity contribution in [2.45, 2.75) is 37.8 Å². The highest BCUT2D eigenvalue weighted by atomic mass is 16.5. The summed E-state index contributed by atoms with van der Waals surface area (Å²) in [5.74, 6) is -0.583. The van der Waals surface area contributed by atoms with Gasteiger partial charge in [-0.15, -0.1) is 0 Å². The second-order valence-corrected chi connectivity index (χ2v) is 5.30. The largest absolute Gasteiger partial charge is 0.467 e. The second kappa shape index (κ2) is 4.71. The maximum atomic E-state index is 12.5. The molecule has 106 valence electrons. The number of nitrogens with two attached hydrogens (primary N) is 1. The topological polar surface area (TPSA) is 102 Å². The Hall–Kier alpha value is -1.79. The minimum Gasteiger partial charge on any atom is -0.467 e. The zero-order valence-corrected chi connectivity index (χ0v) is 11.1. The molecule has 2 atom stereocenters. The number of urea groups is 1. The van der Waals surface area contributed by atoms with Gasteiger partial charge in [0.25, 0.3) is 0 Å². The van der Waals surface area contributed by atoms with Crippen LogP contribution >= 0.6 is 0 Å². The van der Waals surface area contributed by atoms with E-state index in [0.717, 1.165) is 6.42 Å². The lowest BCUT2D eigenvalue weighted by atomic mass is 10.0. The van der Waals surface area contributed by atoms with Gasteiger partial charge in [0.15, 0.2) is 0 Å². The number of carbonyl (C=O) groups is 3. The number of hydrogen-bond donors (Lipinski definition) is 2. The van der Waals surface area contributed by atoms with E-state index < -0.39 is 23.6 Å². The number of nitrogens with zero attached hydrogens (tertiary/aromatic N) is 1. The van der Waals surface area contributed by atoms with E-state index in [1.165, 1.54) is 12.0 Å². The van der Waals surface area contributed by atoms with Crippen LogP contribution in [0, 0.1) is 5.92 Å². The van der Waals surface area contributed by atoms with Crippen LogP contribution in [-0.2, 0) is 14.3 Å². The summed E-state index contributed by atoms with van der Waals surface area (Å²) in [5, 5.41) is 2.49. The summed E-state index contributed by atoms with van der Waals surface area (Å²) in [6.07, 6.45) is 1.87. The number of carbonyl (C=O) groups excluding carboxylic acids is 3. The molecule has 7 heteroatoms. The first kappa shape index (κ1) is 13.6. The van der Waals surface area contributed by atoms with E-state index in [9.17, 15) is 14.4 Å². The van der Waals surface area contributed by atoms with Crippen molar-refractivity contribution in [3.05, 3.63) is 0 Å². The van der Waals surface area contributed by atoms with Crippen LogP contribution in [0.25, 0.3) is 0 Å². The molecule has 2 aliphatic rings. The minimum atomic E-state index is -0.901. The van der Waals surface area contributed by atoms with Crippen molar-refractivity contribution in [3.63, 3.8) is 0 Å². The van der Waals surface area contributed by atoms with Gasteiger partial charge in [-0.1, -0.05) is 6.92 Å². The van der Waals surface area contributed by atoms with Gasteiger partial charge >= 0.3 is 12.0 Å². The maximum absolute atomic E-state index is 12.5. The fourth-order valence-electron chi connectivity index (χ4n) is 2.68. The summed E-state index contributed by atoms with van der Waals surface area (Å²) in [6, 6.07) is -1.28. The van der Waals surface area contributed by atoms with Gasteiger partial charge in [0.05, 0.1) is 7.11 Å². The molecule has 19 heavy (non-hydrogen) atoms. The molecular formula is C12H19N3O4. The Morgan fingerprint density at radius 1 is 1.37 bits per heavy atom. The van der Waals surface area contributed by atoms with Crippen LogP contribution in [0.15, 0.2) is 0 Å². The smallest absolute Gasteiger partial charge is 0.328 e. The maximum Gasteiger partial charge on any atom is 0.328 e. The third kappa shape index (κ3) is 2.36. The summed E-state index contributed by atoms with van der Waals surface area (Å²) >= 11 is 0. The molecule has 0 aromatic heterocycles. The van der Waals surface area contributed by atoms with Gasteiger partial charge in [-0.05, 0) is 25.2 Å². The molecule has 0 aromatic carbocycles. The van der Waals surface area contributed by atoms with Gasteiger partial charge in [0.1, 0.15) is 11.6 Å². The molecule has 1 heterocycles. The van der Waals surface area contributed by atoms with Crippen molar-refractivity contribution in [1.82, 2.24) is 10.2 Å². The fourth-order valence-corrected chi connectivity index (χ4v) is 2.68. The fraction of sp³-hybridized carbons (Fsp3) is 0.750. The zero-order chi connectivity index (χ0) is 14.2. The first-order valence-corrected chi connectivity index (χ1v) is 6.38. The first-order valence-electron chi connectivity index (χ1n) is 6.38. The van der Waals surface area contributed by atoms with E-state index in [1.807, 2.05) is 6.92 Å². The number of hydrogen-bond acceptors (Lipinski definition) is 4. The van der Waals surface area contributed by atoms with Crippen molar-refractivity contribution in [1.29, 1.82) is 0 Å². The van der Waals surface area contributed by atoms with Crippen LogP contribution in [-0.4, -0.2) is 48.0 Å². The van der Waals surface area contributed by atoms with Crippen LogP contribution in [0.1, 0.15) is 26.2 Å². The third-order valence-electron chi connectivity index (χ3n) is 3.93. The van der Waals surface area contributed by atoms with Crippen LogP contribution in [0.4, 0.5) is 4.79 Å². The Kier molecular flexibility index (Phi) is 3.38. The van der Waals surface area contributed by atoms with Gasteiger partial charge in [-0.3, -0.25) is 4.79 Å². The van der Waals surface area contributed by atoms with E-state index in [-0.39, 0.29) is 11.8 Å². The summed E-state index contributed by atoms with van der Waals surface area (Å²) in [6.45, 7) is 2.41. The summed E-state index contributed by atoms with van der Waals surface area (Å²) in [5.41, 5.74) is 4.19. The van der Waals surface area contributed by atoms with E-state index in [1.54, 1.807) is 0 Å². The molecule has 0 aromatic rings. The number of amides is 3. The lowest BCUT2D eigenvalue weighted by molar-refractivity contribution is -0.153. The normalized spacial score (nSPS) is 27.8. The quantitative estimate of drug-likeness (QED) is 0.680. The van der Waals surface area contributed by atoms with E-state index >= 15 is 0 Å². The second-order valence-electron chi connectivity index (χ2n) is 5.30. The Morgan fingerprint density at radius 2 is 2.00 bits per heavy atom. The number of rotatable bonds is 3. The van der Waals surface area contributed by atoms with Crippen LogP contribution in [0.2, 0.25) is 0 Å². The Bertz CT molecular complexity index is 419. The molecule has 0 spiro atoms. The molecule has 1 aliphatic heterocycles. The molecule has 2 unspecified atom stereocenters. The van der Waals surface area contributed by atoms with Gasteiger partial charge in [0, 0.05) is 6.54 Å². The Morgan fingerprint density at radius 3 is 2.47 bits per heavy atom. The molecule has 0 radical (unpaired) electrons. The molecule has 1 saturated heterocycles. The van der Waals surface area contributed by atoms with Crippen molar-refractivity contribution >= 4 is 17.9 Å². The summed E-state index contributed by atoms with van der Waals surface area (Å²) in [7, 11) is 1.31. The molecule has 2 rings (SSSR count). The molecule has 1 saturated carbocycles. The molecule has 3 N–H and O–H groups in total. The first-order chi connectivity index (χ1) is 8.91. The average Bonchev–Trinajstić information content (AvgIpc) is 3.02. The van der Waals surface area contributed by atoms with E-state index in [0.29, 0.717) is 19.4 Å². The van der Waals surface area contributed by atoms with Crippen LogP contribution in [0.3, 0.4) is 0 Å². The lowest BCUT2D eigenvalue weighted by Gasteiger charge is -2.28. The van der Waals surface area contributed by atoms with Crippen LogP contribution < -0.4 is 11.1 Å². The molecule has 2 fully saturated rings. The number of methoxy groups -OCH3 is 1. The highest BCUT2D eigenvalue weighted by Gasteiger charge is 2.56. The monoisotopic (exact) mass is 269 g/mol. The van der Waals surface area contributed by atoms with Gasteiger partial charge in [0.2, 0.25) is 5.91 Å². The molecule has 7 nitrogen and oxygen atoms in total. The molecule has 1 aliphatic carbocycles. The number of likely N-dealkylation sites (tertiary alicyclic amines) is 1. The summed E-state index contributed by atoms with van der Waals surface area (Å²) in [4.78, 5) is 36.7. The van der Waals surface area contributed by atoms with Gasteiger partial charge < -0.3 is 20.7 Å². The van der Waals surface area contributed by atoms with E-state index in [2.05, 4.69) is 5.32 Å². The Labute approximate surface area is 111 Å². The van der Waals surface area contributed by atoms with Crippen LogP contribution in [0.5, 0.6) is 0 Å². The van der Waals surface area contributed by atoms with Crippen molar-refractivity contribution in [2.75, 3.05) is 13.7 Å². The van der Waals surface area contributed by atoms with Gasteiger partial charge in [-0.25, -0.2) is 9.59 Å². The average molecular weight is 269 g/mol. The number of esters is 1. The van der Waals surface area contributed by atoms with Crippen molar-refractivity contribution in [3.8, 4) is 0 Å². The third-order valence-corrected chi connectivity index (χ3v) is 3.93. The predicted octanol–water partition coefficient (Wildman–Crippen LogP) is -0.403.